The average molecular weight is 1210 g/mol. The summed E-state index contributed by atoms with van der Waals surface area (Å²) in [6, 6.07) is 11.5. The first-order chi connectivity index (χ1) is 38.9. The molecule has 6 aromatic rings. The summed E-state index contributed by atoms with van der Waals surface area (Å²) < 4.78 is 313. The van der Waals surface area contributed by atoms with Crippen LogP contribution < -0.4 is 14.2 Å². The van der Waals surface area contributed by atoms with Crippen LogP contribution in [0.5, 0.6) is 34.5 Å². The van der Waals surface area contributed by atoms with Crippen LogP contribution in [0.15, 0.2) is 91.0 Å². The summed E-state index contributed by atoms with van der Waals surface area (Å²) in [7, 11) is 0. The molecule has 6 aromatic carbocycles. The third kappa shape index (κ3) is 7.42. The first kappa shape index (κ1) is 58.8. The molecule has 0 spiro atoms. The second-order valence-electron chi connectivity index (χ2n) is 19.4. The lowest BCUT2D eigenvalue weighted by molar-refractivity contribution is -0.302. The summed E-state index contributed by atoms with van der Waals surface area (Å²) >= 11 is 0. The van der Waals surface area contributed by atoms with Crippen molar-refractivity contribution in [2.45, 2.75) is 89.4 Å². The number of aliphatic hydroxyl groups is 3. The predicted molar refractivity (Wildman–Crippen MR) is 242 cm³/mol. The van der Waals surface area contributed by atoms with E-state index >= 15 is 0 Å². The highest BCUT2D eigenvalue weighted by molar-refractivity contribution is 5.65. The maximum Gasteiger partial charge on any atom is 0.349 e. The fraction of sp³-hybridized carbons (Fsp3) is 0.278. The van der Waals surface area contributed by atoms with Crippen LogP contribution in [-0.2, 0) is 34.6 Å². The van der Waals surface area contributed by atoms with Crippen LogP contribution in [0.2, 0.25) is 0 Å². The Bertz CT molecular complexity index is 3540. The highest BCUT2D eigenvalue weighted by Gasteiger charge is 2.85. The van der Waals surface area contributed by atoms with Gasteiger partial charge >= 0.3 is 35.5 Å². The van der Waals surface area contributed by atoms with E-state index in [0.717, 1.165) is 54.6 Å². The molecule has 3 N–H and O–H groups in total. The van der Waals surface area contributed by atoms with Gasteiger partial charge in [0.15, 0.2) is 70.9 Å². The van der Waals surface area contributed by atoms with Gasteiger partial charge in [-0.25, -0.2) is 54.0 Å². The van der Waals surface area contributed by atoms with E-state index in [0.29, 0.717) is 36.4 Å². The monoisotopic (exact) mass is 1210 g/mol. The first-order valence-corrected chi connectivity index (χ1v) is 23.3. The van der Waals surface area contributed by atoms with E-state index in [9.17, 15) is 108 Å². The molecule has 6 aliphatic rings. The van der Waals surface area contributed by atoms with Crippen LogP contribution in [0, 0.1) is 37.2 Å². The molecule has 0 bridgehead atoms. The van der Waals surface area contributed by atoms with Crippen LogP contribution in [0.4, 0.5) is 109 Å². The molecular weight excluding hydrogens is 1190 g/mol. The van der Waals surface area contributed by atoms with Crippen LogP contribution >= 0.6 is 0 Å². The van der Waals surface area contributed by atoms with E-state index in [-0.39, 0.29) is 34.3 Å². The Morgan fingerprint density at radius 1 is 0.357 bits per heavy atom. The van der Waals surface area contributed by atoms with Gasteiger partial charge in [0.25, 0.3) is 0 Å². The Morgan fingerprint density at radius 3 is 0.798 bits per heavy atom. The molecule has 0 heterocycles. The minimum atomic E-state index is -5.30. The van der Waals surface area contributed by atoms with Gasteiger partial charge in [-0.3, -0.25) is 0 Å². The van der Waals surface area contributed by atoms with Crippen LogP contribution in [-0.4, -0.2) is 51.6 Å². The number of halogens is 21. The van der Waals surface area contributed by atoms with Gasteiger partial charge in [0.1, 0.15) is 51.9 Å². The molecule has 12 rings (SSSR count). The van der Waals surface area contributed by atoms with Gasteiger partial charge in [0.2, 0.25) is 0 Å². The molecule has 9 atom stereocenters. The predicted octanol–water partition coefficient (Wildman–Crippen LogP) is 16.4. The second-order valence-corrected chi connectivity index (χ2v) is 19.4. The van der Waals surface area contributed by atoms with Gasteiger partial charge in [0.05, 0.1) is 19.7 Å². The van der Waals surface area contributed by atoms with Gasteiger partial charge in [0, 0.05) is 68.3 Å². The fourth-order valence-corrected chi connectivity index (χ4v) is 11.0. The van der Waals surface area contributed by atoms with Crippen LogP contribution in [0.25, 0.3) is 14.5 Å². The Kier molecular flexibility index (Phi) is 13.0. The second kappa shape index (κ2) is 18.5. The number of ether oxygens (including phenoxy) is 3. The van der Waals surface area contributed by atoms with Gasteiger partial charge < -0.3 is 29.5 Å². The number of rotatable bonds is 6. The third-order valence-electron chi connectivity index (χ3n) is 14.8. The molecule has 84 heavy (non-hydrogen) atoms. The molecule has 0 amide bonds. The number of nitrogens with zero attached hydrogens (tertiary/aromatic N) is 3. The number of alkyl halides is 18. The molecule has 0 aromatic heterocycles. The summed E-state index contributed by atoms with van der Waals surface area (Å²) in [5.74, 6) is -36.5. The van der Waals surface area contributed by atoms with E-state index < -0.39 is 174 Å². The quantitative estimate of drug-likeness (QED) is 0.113. The molecule has 0 fully saturated rings. The Balaban J connectivity index is 0.000000140. The lowest BCUT2D eigenvalue weighted by atomic mass is 9.93. The lowest BCUT2D eigenvalue weighted by Crippen LogP contribution is -2.53. The maximum absolute atomic E-state index is 14.5. The summed E-state index contributed by atoms with van der Waals surface area (Å²) in [6.45, 7) is 20.6. The summed E-state index contributed by atoms with van der Waals surface area (Å²) in [4.78, 5) is 8.93. The van der Waals surface area contributed by atoms with Crippen molar-refractivity contribution < 1.29 is 122 Å². The standard InChI is InChI=1S/3C18H8F7NO2/c3*1-26-8-4-7(19)5-9(6-8)28-11-3-2-10-13-12(11)14(20)15(21)16(13,27)18(24,25)17(10,22)23/h3*2-6,14-15,27H/t14?,15-,16-;14-,15+,16+;14-,15-,16-/m010/s1. The highest BCUT2D eigenvalue weighted by Crippen LogP contribution is 2.72. The topological polar surface area (TPSA) is 101 Å². The van der Waals surface area contributed by atoms with Gasteiger partial charge in [-0.15, -0.1) is 0 Å². The third-order valence-corrected chi connectivity index (χ3v) is 14.8. The van der Waals surface area contributed by atoms with Crippen molar-refractivity contribution in [3.63, 3.8) is 0 Å². The molecule has 0 saturated carbocycles. The number of hydrogen-bond donors (Lipinski definition) is 3. The van der Waals surface area contributed by atoms with E-state index in [2.05, 4.69) is 14.5 Å². The zero-order chi connectivity index (χ0) is 61.9. The maximum atomic E-state index is 14.5. The van der Waals surface area contributed by atoms with Gasteiger partial charge in [-0.05, 0) is 72.8 Å². The molecule has 0 aliphatic heterocycles. The zero-order valence-corrected chi connectivity index (χ0v) is 40.5. The van der Waals surface area contributed by atoms with Crippen molar-refractivity contribution >= 4 is 17.1 Å². The number of benzene rings is 6. The summed E-state index contributed by atoms with van der Waals surface area (Å²) in [5, 5.41) is 30.4. The zero-order valence-electron chi connectivity index (χ0n) is 40.5. The molecule has 30 heteroatoms. The lowest BCUT2D eigenvalue weighted by Gasteiger charge is -2.32. The van der Waals surface area contributed by atoms with E-state index in [1.54, 1.807) is 0 Å². The van der Waals surface area contributed by atoms with Crippen LogP contribution in [0.1, 0.15) is 68.6 Å². The van der Waals surface area contributed by atoms with E-state index in [1.807, 2.05) is 0 Å². The largest absolute Gasteiger partial charge is 0.458 e. The molecule has 9 nitrogen and oxygen atoms in total. The molecule has 0 radical (unpaired) electrons. The fourth-order valence-electron chi connectivity index (χ4n) is 11.0. The highest BCUT2D eigenvalue weighted by atomic mass is 19.3. The van der Waals surface area contributed by atoms with Crippen LogP contribution in [0.3, 0.4) is 0 Å². The van der Waals surface area contributed by atoms with E-state index in [4.69, 9.17) is 33.9 Å². The number of hydrogen-bond acceptors (Lipinski definition) is 6. The average Bonchev–Trinajstić information content (AvgIpc) is 1.53. The smallest absolute Gasteiger partial charge is 0.349 e. The van der Waals surface area contributed by atoms with Crippen molar-refractivity contribution in [3.05, 3.63) is 193 Å². The molecule has 6 aliphatic carbocycles. The minimum absolute atomic E-state index is 0.206. The van der Waals surface area contributed by atoms with Crippen molar-refractivity contribution in [2.75, 3.05) is 0 Å². The van der Waals surface area contributed by atoms with Crippen molar-refractivity contribution in [1.82, 2.24) is 0 Å². The van der Waals surface area contributed by atoms with E-state index in [1.165, 1.54) is 0 Å². The minimum Gasteiger partial charge on any atom is -0.458 e. The SMILES string of the molecule is [C-]#[N+]c1cc(F)cc(Oc2ccc3c4c2C(F)[C@H](F)[C@]4(O)C(F)(F)C3(F)F)c1.[C-]#[N+]c1cc(F)cc(Oc2ccc3c4c2[C@@H](F)[C@H](F)[C@]4(O)C(F)(F)C3(F)F)c1.[C-]#[N+]c1cc(F)cc(Oc2ccc3c4c2[C@H](F)[C@H](F)[C@]4(O)C(F)(F)C3(F)F)c1. The normalized spacial score (nSPS) is 28.7. The Morgan fingerprint density at radius 2 is 0.583 bits per heavy atom. The van der Waals surface area contributed by atoms with Crippen molar-refractivity contribution in [2.24, 2.45) is 0 Å². The molecular formula is C54H24F21N3O6. The van der Waals surface area contributed by atoms with Crippen molar-refractivity contribution in [1.29, 1.82) is 0 Å². The Labute approximate surface area is 454 Å². The summed E-state index contributed by atoms with van der Waals surface area (Å²) in [5.41, 5.74) is -23.9. The Hall–Kier alpha value is -8.40. The molecule has 0 saturated heterocycles. The molecule has 438 valence electrons. The molecule has 1 unspecified atom stereocenters. The van der Waals surface area contributed by atoms with Gasteiger partial charge in [-0.2, -0.15) is 52.7 Å². The van der Waals surface area contributed by atoms with Crippen molar-refractivity contribution in [3.8, 4) is 34.5 Å². The first-order valence-electron chi connectivity index (χ1n) is 23.3. The van der Waals surface area contributed by atoms with Gasteiger partial charge in [-0.1, -0.05) is 0 Å². The summed E-state index contributed by atoms with van der Waals surface area (Å²) in [6.07, 6.45) is -18.8.